The van der Waals surface area contributed by atoms with Crippen LogP contribution in [0, 0.1) is 0 Å². The summed E-state index contributed by atoms with van der Waals surface area (Å²) < 4.78 is 10.3. The van der Waals surface area contributed by atoms with Crippen LogP contribution in [0.25, 0.3) is 0 Å². The van der Waals surface area contributed by atoms with E-state index in [2.05, 4.69) is 12.2 Å². The molecule has 4 nitrogen and oxygen atoms in total. The number of rotatable bonds is 8. The summed E-state index contributed by atoms with van der Waals surface area (Å²) in [6.07, 6.45) is 1.01. The summed E-state index contributed by atoms with van der Waals surface area (Å²) in [7, 11) is 0. The van der Waals surface area contributed by atoms with E-state index in [1.807, 2.05) is 13.8 Å². The highest BCUT2D eigenvalue weighted by atomic mass is 32.2. The van der Waals surface area contributed by atoms with Crippen LogP contribution in [-0.4, -0.2) is 48.9 Å². The molecule has 0 spiro atoms. The molecule has 17 heavy (non-hydrogen) atoms. The average Bonchev–Trinajstić information content (AvgIpc) is 2.24. The Kier molecular flexibility index (Phi) is 6.30. The molecule has 1 saturated heterocycles. The summed E-state index contributed by atoms with van der Waals surface area (Å²) in [5, 5.41) is 3.83. The van der Waals surface area contributed by atoms with Gasteiger partial charge in [-0.2, -0.15) is 11.8 Å². The average molecular weight is 261 g/mol. The van der Waals surface area contributed by atoms with Gasteiger partial charge in [0, 0.05) is 5.75 Å². The van der Waals surface area contributed by atoms with E-state index < -0.39 is 5.54 Å². The Bertz CT molecular complexity index is 246. The Morgan fingerprint density at radius 1 is 1.53 bits per heavy atom. The van der Waals surface area contributed by atoms with Crippen LogP contribution in [-0.2, 0) is 14.3 Å². The van der Waals surface area contributed by atoms with Crippen molar-refractivity contribution in [3.05, 3.63) is 0 Å². The van der Waals surface area contributed by atoms with E-state index in [9.17, 15) is 4.79 Å². The number of ether oxygens (including phenoxy) is 2. The highest BCUT2D eigenvalue weighted by Gasteiger charge is 2.35. The maximum Gasteiger partial charge on any atom is 0.326 e. The van der Waals surface area contributed by atoms with Crippen molar-refractivity contribution in [2.24, 2.45) is 0 Å². The Labute approximate surface area is 108 Å². The van der Waals surface area contributed by atoms with Gasteiger partial charge in [0.2, 0.25) is 0 Å². The zero-order valence-corrected chi connectivity index (χ0v) is 11.8. The van der Waals surface area contributed by atoms with Crippen LogP contribution in [0.2, 0.25) is 0 Å². The molecule has 100 valence electrons. The van der Waals surface area contributed by atoms with Crippen molar-refractivity contribution in [1.82, 2.24) is 5.32 Å². The first-order chi connectivity index (χ1) is 8.12. The first kappa shape index (κ1) is 14.8. The fourth-order valence-electron chi connectivity index (χ4n) is 1.47. The Morgan fingerprint density at radius 3 is 2.71 bits per heavy atom. The number of hydrogen-bond acceptors (Lipinski definition) is 5. The van der Waals surface area contributed by atoms with Gasteiger partial charge in [-0.3, -0.25) is 4.79 Å². The van der Waals surface area contributed by atoms with Crippen LogP contribution in [0.15, 0.2) is 0 Å². The van der Waals surface area contributed by atoms with Crippen molar-refractivity contribution in [3.63, 3.8) is 0 Å². The van der Waals surface area contributed by atoms with E-state index in [4.69, 9.17) is 9.47 Å². The van der Waals surface area contributed by atoms with Gasteiger partial charge >= 0.3 is 5.97 Å². The molecule has 1 aliphatic rings. The molecule has 0 aliphatic carbocycles. The standard InChI is InChI=1S/C12H23NO3S/c1-4-6-13-12(3,11(14)16-5-2)9-17-10-7-15-8-10/h10,13H,4-9H2,1-3H3. The molecule has 0 bridgehead atoms. The van der Waals surface area contributed by atoms with E-state index in [0.717, 1.165) is 31.9 Å². The number of nitrogens with one attached hydrogen (secondary N) is 1. The van der Waals surface area contributed by atoms with Gasteiger partial charge in [0.15, 0.2) is 0 Å². The molecule has 1 aliphatic heterocycles. The van der Waals surface area contributed by atoms with E-state index in [-0.39, 0.29) is 5.97 Å². The molecular formula is C12H23NO3S. The minimum atomic E-state index is -0.577. The highest BCUT2D eigenvalue weighted by Crippen LogP contribution is 2.24. The molecule has 1 atom stereocenters. The molecule has 1 unspecified atom stereocenters. The molecule has 0 aromatic heterocycles. The monoisotopic (exact) mass is 261 g/mol. The second-order valence-electron chi connectivity index (χ2n) is 4.45. The van der Waals surface area contributed by atoms with Crippen molar-refractivity contribution >= 4 is 17.7 Å². The van der Waals surface area contributed by atoms with E-state index in [1.165, 1.54) is 0 Å². The molecule has 0 radical (unpaired) electrons. The smallest absolute Gasteiger partial charge is 0.326 e. The first-order valence-corrected chi connectivity index (χ1v) is 7.29. The number of carbonyl (C=O) groups excluding carboxylic acids is 1. The van der Waals surface area contributed by atoms with Crippen LogP contribution < -0.4 is 5.32 Å². The molecule has 1 heterocycles. The van der Waals surface area contributed by atoms with Gasteiger partial charge in [-0.1, -0.05) is 6.92 Å². The minimum Gasteiger partial charge on any atom is -0.465 e. The summed E-state index contributed by atoms with van der Waals surface area (Å²) in [4.78, 5) is 12.0. The van der Waals surface area contributed by atoms with E-state index >= 15 is 0 Å². The largest absolute Gasteiger partial charge is 0.465 e. The third-order valence-corrected chi connectivity index (χ3v) is 4.19. The van der Waals surface area contributed by atoms with Crippen molar-refractivity contribution < 1.29 is 14.3 Å². The van der Waals surface area contributed by atoms with Gasteiger partial charge in [0.1, 0.15) is 5.54 Å². The second-order valence-corrected chi connectivity index (χ2v) is 5.74. The van der Waals surface area contributed by atoms with Crippen LogP contribution in [0.1, 0.15) is 27.2 Å². The second kappa shape index (κ2) is 7.24. The lowest BCUT2D eigenvalue weighted by Gasteiger charge is -2.32. The minimum absolute atomic E-state index is 0.152. The Morgan fingerprint density at radius 2 is 2.24 bits per heavy atom. The Hall–Kier alpha value is -0.260. The molecular weight excluding hydrogens is 238 g/mol. The molecule has 5 heteroatoms. The lowest BCUT2D eigenvalue weighted by Crippen LogP contribution is -2.53. The van der Waals surface area contributed by atoms with Crippen LogP contribution in [0.3, 0.4) is 0 Å². The fourth-order valence-corrected chi connectivity index (χ4v) is 2.64. The van der Waals surface area contributed by atoms with Crippen LogP contribution in [0.4, 0.5) is 0 Å². The molecule has 1 N–H and O–H groups in total. The quantitative estimate of drug-likeness (QED) is 0.670. The van der Waals surface area contributed by atoms with Crippen molar-refractivity contribution in [3.8, 4) is 0 Å². The lowest BCUT2D eigenvalue weighted by atomic mass is 10.1. The molecule has 0 aromatic rings. The summed E-state index contributed by atoms with van der Waals surface area (Å²) in [6, 6.07) is 0. The highest BCUT2D eigenvalue weighted by molar-refractivity contribution is 8.00. The molecule has 0 saturated carbocycles. The van der Waals surface area contributed by atoms with E-state index in [1.54, 1.807) is 11.8 Å². The third kappa shape index (κ3) is 4.48. The number of carbonyl (C=O) groups is 1. The van der Waals surface area contributed by atoms with Crippen LogP contribution >= 0.6 is 11.8 Å². The fraction of sp³-hybridized carbons (Fsp3) is 0.917. The van der Waals surface area contributed by atoms with Gasteiger partial charge in [-0.25, -0.2) is 0 Å². The van der Waals surface area contributed by atoms with Crippen LogP contribution in [0.5, 0.6) is 0 Å². The van der Waals surface area contributed by atoms with Crippen molar-refractivity contribution in [2.45, 2.75) is 38.0 Å². The lowest BCUT2D eigenvalue weighted by molar-refractivity contribution is -0.149. The summed E-state index contributed by atoms with van der Waals surface area (Å²) in [6.45, 7) is 8.72. The maximum atomic E-state index is 12.0. The van der Waals surface area contributed by atoms with Gasteiger partial charge in [-0.15, -0.1) is 0 Å². The van der Waals surface area contributed by atoms with Gasteiger partial charge < -0.3 is 14.8 Å². The maximum absolute atomic E-state index is 12.0. The summed E-state index contributed by atoms with van der Waals surface area (Å²) >= 11 is 1.79. The first-order valence-electron chi connectivity index (χ1n) is 6.24. The summed E-state index contributed by atoms with van der Waals surface area (Å²) in [5.74, 6) is 0.584. The number of hydrogen-bond donors (Lipinski definition) is 1. The normalized spacial score (nSPS) is 19.5. The van der Waals surface area contributed by atoms with Gasteiger partial charge in [0.25, 0.3) is 0 Å². The molecule has 1 rings (SSSR count). The molecule has 1 fully saturated rings. The van der Waals surface area contributed by atoms with Gasteiger partial charge in [-0.05, 0) is 26.8 Å². The van der Waals surface area contributed by atoms with Crippen molar-refractivity contribution in [2.75, 3.05) is 32.1 Å². The number of thioether (sulfide) groups is 1. The van der Waals surface area contributed by atoms with Crippen molar-refractivity contribution in [1.29, 1.82) is 0 Å². The van der Waals surface area contributed by atoms with Gasteiger partial charge in [0.05, 0.1) is 25.1 Å². The molecule has 0 amide bonds. The zero-order valence-electron chi connectivity index (χ0n) is 11.0. The Balaban J connectivity index is 2.46. The predicted octanol–water partition coefficient (Wildman–Crippen LogP) is 1.44. The van der Waals surface area contributed by atoms with E-state index in [0.29, 0.717) is 11.9 Å². The summed E-state index contributed by atoms with van der Waals surface area (Å²) in [5.41, 5.74) is -0.577. The third-order valence-electron chi connectivity index (χ3n) is 2.71. The molecule has 0 aromatic carbocycles. The SMILES string of the molecule is CCCNC(C)(CSC1COC1)C(=O)OCC. The topological polar surface area (TPSA) is 47.6 Å². The zero-order chi connectivity index (χ0) is 12.7. The number of esters is 1. The predicted molar refractivity (Wildman–Crippen MR) is 70.4 cm³/mol.